The average molecular weight is 277 g/mol. The molecule has 0 heterocycles. The summed E-state index contributed by atoms with van der Waals surface area (Å²) in [4.78, 5) is 0. The Morgan fingerprint density at radius 3 is 2.55 bits per heavy atom. The number of methoxy groups -OCH3 is 1. The second-order valence-electron chi connectivity index (χ2n) is 5.92. The maximum Gasteiger partial charge on any atom is 0.124 e. The van der Waals surface area contributed by atoms with Crippen LogP contribution in [0.2, 0.25) is 0 Å². The van der Waals surface area contributed by atoms with Gasteiger partial charge >= 0.3 is 0 Å². The van der Waals surface area contributed by atoms with Crippen LogP contribution < -0.4 is 10.5 Å². The van der Waals surface area contributed by atoms with Gasteiger partial charge in [0.25, 0.3) is 0 Å². The maximum atomic E-state index is 6.51. The zero-order chi connectivity index (χ0) is 14.4. The quantitative estimate of drug-likeness (QED) is 0.809. The van der Waals surface area contributed by atoms with E-state index in [2.05, 4.69) is 13.0 Å². The minimum atomic E-state index is 0.0845. The van der Waals surface area contributed by atoms with Crippen LogP contribution in [0.5, 0.6) is 5.75 Å². The lowest BCUT2D eigenvalue weighted by Gasteiger charge is -2.31. The zero-order valence-electron chi connectivity index (χ0n) is 12.7. The van der Waals surface area contributed by atoms with Gasteiger partial charge in [0.2, 0.25) is 0 Å². The van der Waals surface area contributed by atoms with Crippen LogP contribution in [0.1, 0.15) is 44.2 Å². The van der Waals surface area contributed by atoms with Crippen LogP contribution >= 0.6 is 0 Å². The molecular formula is C17H27NO2. The van der Waals surface area contributed by atoms with Gasteiger partial charge < -0.3 is 15.2 Å². The van der Waals surface area contributed by atoms with Crippen molar-refractivity contribution in [2.24, 2.45) is 17.6 Å². The van der Waals surface area contributed by atoms with E-state index in [1.807, 2.05) is 18.2 Å². The van der Waals surface area contributed by atoms with E-state index >= 15 is 0 Å². The summed E-state index contributed by atoms with van der Waals surface area (Å²) in [5.41, 5.74) is 7.65. The highest BCUT2D eigenvalue weighted by atomic mass is 16.5. The van der Waals surface area contributed by atoms with Crippen molar-refractivity contribution in [1.29, 1.82) is 0 Å². The SMILES string of the molecule is COCCOc1ccccc1C(N)C1CCC(C)CC1. The Labute approximate surface area is 122 Å². The van der Waals surface area contributed by atoms with Gasteiger partial charge in [0, 0.05) is 18.7 Å². The second-order valence-corrected chi connectivity index (χ2v) is 5.92. The first-order chi connectivity index (χ1) is 9.72. The summed E-state index contributed by atoms with van der Waals surface area (Å²) in [5, 5.41) is 0. The molecule has 112 valence electrons. The first-order valence-electron chi connectivity index (χ1n) is 7.68. The minimum absolute atomic E-state index is 0.0845. The zero-order valence-corrected chi connectivity index (χ0v) is 12.7. The average Bonchev–Trinajstić information content (AvgIpc) is 2.48. The molecule has 0 aliphatic heterocycles. The molecule has 0 radical (unpaired) electrons. The van der Waals surface area contributed by atoms with E-state index in [4.69, 9.17) is 15.2 Å². The van der Waals surface area contributed by atoms with Crippen molar-refractivity contribution in [3.8, 4) is 5.75 Å². The summed E-state index contributed by atoms with van der Waals surface area (Å²) in [5.74, 6) is 2.35. The molecule has 1 fully saturated rings. The van der Waals surface area contributed by atoms with Gasteiger partial charge in [-0.05, 0) is 30.7 Å². The summed E-state index contributed by atoms with van der Waals surface area (Å²) < 4.78 is 10.8. The molecule has 0 bridgehead atoms. The Hall–Kier alpha value is -1.06. The van der Waals surface area contributed by atoms with Crippen LogP contribution in [0.15, 0.2) is 24.3 Å². The lowest BCUT2D eigenvalue weighted by molar-refractivity contribution is 0.144. The van der Waals surface area contributed by atoms with Gasteiger partial charge in [-0.15, -0.1) is 0 Å². The van der Waals surface area contributed by atoms with Crippen molar-refractivity contribution < 1.29 is 9.47 Å². The molecule has 0 aromatic heterocycles. The molecule has 2 rings (SSSR count). The number of hydrogen-bond acceptors (Lipinski definition) is 3. The molecule has 0 spiro atoms. The number of nitrogens with two attached hydrogens (primary N) is 1. The first-order valence-corrected chi connectivity index (χ1v) is 7.68. The Kier molecular flexibility index (Phi) is 5.86. The van der Waals surface area contributed by atoms with Gasteiger partial charge in [-0.2, -0.15) is 0 Å². The van der Waals surface area contributed by atoms with Crippen LogP contribution in [-0.4, -0.2) is 20.3 Å². The largest absolute Gasteiger partial charge is 0.491 e. The van der Waals surface area contributed by atoms with Crippen LogP contribution in [0.4, 0.5) is 0 Å². The third kappa shape index (κ3) is 3.97. The Bertz CT molecular complexity index is 400. The van der Waals surface area contributed by atoms with Gasteiger partial charge in [-0.1, -0.05) is 38.0 Å². The molecule has 0 amide bonds. The summed E-state index contributed by atoms with van der Waals surface area (Å²) in [6, 6.07) is 8.24. The predicted molar refractivity (Wildman–Crippen MR) is 81.9 cm³/mol. The Balaban J connectivity index is 2.03. The molecule has 1 aromatic rings. The highest BCUT2D eigenvalue weighted by molar-refractivity contribution is 5.36. The number of hydrogen-bond donors (Lipinski definition) is 1. The van der Waals surface area contributed by atoms with Gasteiger partial charge in [0.15, 0.2) is 0 Å². The fourth-order valence-electron chi connectivity index (χ4n) is 3.02. The first kappa shape index (κ1) is 15.3. The standard InChI is InChI=1S/C17H27NO2/c1-13-7-9-14(10-8-13)17(18)15-5-3-4-6-16(15)20-12-11-19-2/h3-6,13-14,17H,7-12,18H2,1-2H3. The van der Waals surface area contributed by atoms with Crippen molar-refractivity contribution in [3.63, 3.8) is 0 Å². The third-order valence-corrected chi connectivity index (χ3v) is 4.39. The molecule has 1 aliphatic carbocycles. The molecule has 3 heteroatoms. The molecule has 3 nitrogen and oxygen atoms in total. The van der Waals surface area contributed by atoms with E-state index in [-0.39, 0.29) is 6.04 Å². The smallest absolute Gasteiger partial charge is 0.124 e. The van der Waals surface area contributed by atoms with Crippen LogP contribution in [0.25, 0.3) is 0 Å². The van der Waals surface area contributed by atoms with Gasteiger partial charge in [-0.3, -0.25) is 0 Å². The van der Waals surface area contributed by atoms with Gasteiger partial charge in [-0.25, -0.2) is 0 Å². The van der Waals surface area contributed by atoms with Crippen LogP contribution in [0.3, 0.4) is 0 Å². The number of para-hydroxylation sites is 1. The predicted octanol–water partition coefficient (Wildman–Crippen LogP) is 3.54. The summed E-state index contributed by atoms with van der Waals surface area (Å²) in [7, 11) is 1.68. The molecule has 0 saturated heterocycles. The summed E-state index contributed by atoms with van der Waals surface area (Å²) >= 11 is 0. The van der Waals surface area contributed by atoms with E-state index in [1.54, 1.807) is 7.11 Å². The van der Waals surface area contributed by atoms with E-state index in [1.165, 1.54) is 25.7 Å². The normalized spacial score (nSPS) is 24.4. The molecule has 1 aromatic carbocycles. The molecule has 1 aliphatic rings. The monoisotopic (exact) mass is 277 g/mol. The fourth-order valence-corrected chi connectivity index (χ4v) is 3.02. The molecule has 2 N–H and O–H groups in total. The van der Waals surface area contributed by atoms with Crippen molar-refractivity contribution in [2.75, 3.05) is 20.3 Å². The topological polar surface area (TPSA) is 44.5 Å². The van der Waals surface area contributed by atoms with Gasteiger partial charge in [0.05, 0.1) is 6.61 Å². The Morgan fingerprint density at radius 1 is 1.15 bits per heavy atom. The molecule has 1 unspecified atom stereocenters. The van der Waals surface area contributed by atoms with Crippen LogP contribution in [-0.2, 0) is 4.74 Å². The molecule has 1 saturated carbocycles. The Morgan fingerprint density at radius 2 is 1.85 bits per heavy atom. The third-order valence-electron chi connectivity index (χ3n) is 4.39. The molecule has 1 atom stereocenters. The lowest BCUT2D eigenvalue weighted by Crippen LogP contribution is -2.26. The summed E-state index contributed by atoms with van der Waals surface area (Å²) in [6.45, 7) is 3.51. The van der Waals surface area contributed by atoms with Crippen molar-refractivity contribution in [1.82, 2.24) is 0 Å². The van der Waals surface area contributed by atoms with Crippen molar-refractivity contribution >= 4 is 0 Å². The lowest BCUT2D eigenvalue weighted by atomic mass is 9.77. The van der Waals surface area contributed by atoms with Crippen molar-refractivity contribution in [3.05, 3.63) is 29.8 Å². The second kappa shape index (κ2) is 7.65. The molecule has 20 heavy (non-hydrogen) atoms. The van der Waals surface area contributed by atoms with Crippen LogP contribution in [0, 0.1) is 11.8 Å². The maximum absolute atomic E-state index is 6.51. The minimum Gasteiger partial charge on any atom is -0.491 e. The number of rotatable bonds is 6. The van der Waals surface area contributed by atoms with Gasteiger partial charge in [0.1, 0.15) is 12.4 Å². The van der Waals surface area contributed by atoms with E-state index in [0.717, 1.165) is 17.2 Å². The fraction of sp³-hybridized carbons (Fsp3) is 0.647. The summed E-state index contributed by atoms with van der Waals surface area (Å²) in [6.07, 6.45) is 5.06. The van der Waals surface area contributed by atoms with E-state index < -0.39 is 0 Å². The number of ether oxygens (including phenoxy) is 2. The highest BCUT2D eigenvalue weighted by Crippen LogP contribution is 2.38. The van der Waals surface area contributed by atoms with E-state index in [0.29, 0.717) is 19.1 Å². The molecular weight excluding hydrogens is 250 g/mol. The highest BCUT2D eigenvalue weighted by Gasteiger charge is 2.26. The van der Waals surface area contributed by atoms with Crippen molar-refractivity contribution in [2.45, 2.75) is 38.6 Å². The number of benzene rings is 1. The van der Waals surface area contributed by atoms with E-state index in [9.17, 15) is 0 Å².